The van der Waals surface area contributed by atoms with E-state index in [1.54, 1.807) is 0 Å². The first-order valence-corrected chi connectivity index (χ1v) is 6.60. The highest BCUT2D eigenvalue weighted by molar-refractivity contribution is 5.62. The topological polar surface area (TPSA) is 47.6 Å². The predicted octanol–water partition coefficient (Wildman–Crippen LogP) is 3.52. The molecule has 0 aliphatic heterocycles. The van der Waals surface area contributed by atoms with Crippen LogP contribution in [0, 0.1) is 35.0 Å². The average molecular weight is 248 g/mol. The summed E-state index contributed by atoms with van der Waals surface area (Å²) in [6.45, 7) is 6.39. The molecule has 0 saturated carbocycles. The van der Waals surface area contributed by atoms with Gasteiger partial charge in [0.25, 0.3) is 0 Å². The molecule has 1 aromatic carbocycles. The van der Waals surface area contributed by atoms with E-state index in [1.165, 1.54) is 11.1 Å². The molecule has 2 aliphatic carbocycles. The van der Waals surface area contributed by atoms with E-state index in [4.69, 9.17) is 0 Å². The molecule has 19 heavy (non-hydrogen) atoms. The largest absolute Gasteiger partial charge is 0.197 e. The van der Waals surface area contributed by atoms with Crippen LogP contribution >= 0.6 is 0 Å². The Kier molecular flexibility index (Phi) is 2.20. The van der Waals surface area contributed by atoms with Crippen molar-refractivity contribution >= 4 is 0 Å². The van der Waals surface area contributed by atoms with E-state index in [2.05, 4.69) is 39.0 Å². The van der Waals surface area contributed by atoms with Crippen molar-refractivity contribution in [2.24, 2.45) is 5.41 Å². The second kappa shape index (κ2) is 3.49. The molecule has 2 aliphatic rings. The smallest absolute Gasteiger partial charge is 0.106 e. The standard InChI is InChI=1S/C17H16N2/c1-11-4-5-13-12(9-18)6-7-17(10-19)15(13)14(11)8-16(17,2)3/h4-7,12H,8H2,1-3H3/t12-,17-/m0/s1. The van der Waals surface area contributed by atoms with Crippen molar-refractivity contribution in [2.75, 3.05) is 0 Å². The lowest BCUT2D eigenvalue weighted by Crippen LogP contribution is -2.37. The number of benzene rings is 1. The van der Waals surface area contributed by atoms with Crippen LogP contribution in [0.2, 0.25) is 0 Å². The molecule has 3 rings (SSSR count). The van der Waals surface area contributed by atoms with Crippen molar-refractivity contribution in [3.63, 3.8) is 0 Å². The van der Waals surface area contributed by atoms with Gasteiger partial charge in [0.15, 0.2) is 0 Å². The lowest BCUT2D eigenvalue weighted by Gasteiger charge is -2.37. The van der Waals surface area contributed by atoms with Crippen LogP contribution in [0.5, 0.6) is 0 Å². The SMILES string of the molecule is Cc1ccc2c3c1CC(C)(C)[C@]3(C#N)C=C[C@H]2C#N. The van der Waals surface area contributed by atoms with Gasteiger partial charge in [0.1, 0.15) is 5.41 Å². The molecule has 0 fully saturated rings. The minimum absolute atomic E-state index is 0.123. The molecule has 0 unspecified atom stereocenters. The van der Waals surface area contributed by atoms with Gasteiger partial charge in [-0.3, -0.25) is 0 Å². The van der Waals surface area contributed by atoms with Crippen molar-refractivity contribution in [3.8, 4) is 12.1 Å². The molecular formula is C17H16N2. The summed E-state index contributed by atoms with van der Waals surface area (Å²) in [7, 11) is 0. The Morgan fingerprint density at radius 3 is 2.63 bits per heavy atom. The second-order valence-electron chi connectivity index (χ2n) is 6.27. The van der Waals surface area contributed by atoms with E-state index < -0.39 is 5.41 Å². The molecule has 0 saturated heterocycles. The summed E-state index contributed by atoms with van der Waals surface area (Å²) in [5.74, 6) is -0.218. The first kappa shape index (κ1) is 12.0. The summed E-state index contributed by atoms with van der Waals surface area (Å²) in [6, 6.07) is 8.98. The Morgan fingerprint density at radius 1 is 1.26 bits per heavy atom. The third-order valence-electron chi connectivity index (χ3n) is 4.85. The third kappa shape index (κ3) is 1.24. The van der Waals surface area contributed by atoms with Gasteiger partial charge in [-0.25, -0.2) is 0 Å². The molecular weight excluding hydrogens is 232 g/mol. The van der Waals surface area contributed by atoms with Crippen LogP contribution in [0.1, 0.15) is 42.0 Å². The zero-order valence-electron chi connectivity index (χ0n) is 11.5. The van der Waals surface area contributed by atoms with Gasteiger partial charge >= 0.3 is 0 Å². The Labute approximate surface area is 114 Å². The number of rotatable bonds is 0. The maximum absolute atomic E-state index is 9.82. The number of allylic oxidation sites excluding steroid dienone is 2. The summed E-state index contributed by atoms with van der Waals surface area (Å²) in [6.07, 6.45) is 4.77. The Morgan fingerprint density at radius 2 is 2.00 bits per heavy atom. The fourth-order valence-electron chi connectivity index (χ4n) is 3.65. The molecule has 0 aromatic heterocycles. The lowest BCUT2D eigenvalue weighted by atomic mass is 9.63. The predicted molar refractivity (Wildman–Crippen MR) is 73.4 cm³/mol. The lowest BCUT2D eigenvalue weighted by molar-refractivity contribution is 0.289. The minimum Gasteiger partial charge on any atom is -0.197 e. The van der Waals surface area contributed by atoms with Crippen LogP contribution in [-0.2, 0) is 11.8 Å². The number of nitriles is 2. The Balaban J connectivity index is 2.43. The molecule has 2 nitrogen and oxygen atoms in total. The van der Waals surface area contributed by atoms with E-state index >= 15 is 0 Å². The fraction of sp³-hybridized carbons (Fsp3) is 0.412. The van der Waals surface area contributed by atoms with Gasteiger partial charge in [-0.05, 0) is 41.0 Å². The zero-order valence-corrected chi connectivity index (χ0v) is 11.5. The number of aryl methyl sites for hydroxylation is 1. The van der Waals surface area contributed by atoms with Crippen molar-refractivity contribution < 1.29 is 0 Å². The monoisotopic (exact) mass is 248 g/mol. The van der Waals surface area contributed by atoms with Gasteiger partial charge in [-0.2, -0.15) is 10.5 Å². The van der Waals surface area contributed by atoms with E-state index in [0.717, 1.165) is 17.5 Å². The maximum Gasteiger partial charge on any atom is 0.106 e. The molecule has 0 heterocycles. The van der Waals surface area contributed by atoms with E-state index in [9.17, 15) is 10.5 Å². The summed E-state index contributed by atoms with van der Waals surface area (Å²) in [4.78, 5) is 0. The molecule has 0 spiro atoms. The number of nitrogens with zero attached hydrogens (tertiary/aromatic N) is 2. The molecule has 0 bridgehead atoms. The van der Waals surface area contributed by atoms with Gasteiger partial charge in [0.05, 0.1) is 18.1 Å². The Hall–Kier alpha value is -2.06. The zero-order chi connectivity index (χ0) is 13.8. The van der Waals surface area contributed by atoms with Crippen LogP contribution in [0.25, 0.3) is 0 Å². The summed E-state index contributed by atoms with van der Waals surface area (Å²) >= 11 is 0. The summed E-state index contributed by atoms with van der Waals surface area (Å²) in [5.41, 5.74) is 3.94. The third-order valence-corrected chi connectivity index (χ3v) is 4.85. The molecule has 0 radical (unpaired) electrons. The summed E-state index contributed by atoms with van der Waals surface area (Å²) in [5, 5.41) is 19.1. The highest BCUT2D eigenvalue weighted by Gasteiger charge is 2.54. The highest BCUT2D eigenvalue weighted by atomic mass is 14.6. The maximum atomic E-state index is 9.82. The molecule has 1 aromatic rings. The van der Waals surface area contributed by atoms with Gasteiger partial charge in [-0.1, -0.05) is 38.1 Å². The van der Waals surface area contributed by atoms with E-state index in [1.807, 2.05) is 18.2 Å². The fourth-order valence-corrected chi connectivity index (χ4v) is 3.65. The quantitative estimate of drug-likeness (QED) is 0.659. The molecule has 94 valence electrons. The van der Waals surface area contributed by atoms with Gasteiger partial charge in [0, 0.05) is 0 Å². The molecule has 2 heteroatoms. The van der Waals surface area contributed by atoms with Crippen molar-refractivity contribution in [1.82, 2.24) is 0 Å². The Bertz CT molecular complexity index is 682. The minimum atomic E-state index is -0.572. The van der Waals surface area contributed by atoms with E-state index in [-0.39, 0.29) is 11.3 Å². The normalized spacial score (nSPS) is 29.4. The average Bonchev–Trinajstić information content (AvgIpc) is 2.64. The highest BCUT2D eigenvalue weighted by Crippen LogP contribution is 2.57. The van der Waals surface area contributed by atoms with Gasteiger partial charge in [-0.15, -0.1) is 0 Å². The van der Waals surface area contributed by atoms with Gasteiger partial charge in [0.2, 0.25) is 0 Å². The van der Waals surface area contributed by atoms with Crippen LogP contribution in [0.3, 0.4) is 0 Å². The molecule has 0 amide bonds. The first-order chi connectivity index (χ1) is 8.97. The second-order valence-corrected chi connectivity index (χ2v) is 6.27. The number of hydrogen-bond donors (Lipinski definition) is 0. The van der Waals surface area contributed by atoms with Crippen LogP contribution in [-0.4, -0.2) is 0 Å². The van der Waals surface area contributed by atoms with Gasteiger partial charge < -0.3 is 0 Å². The van der Waals surface area contributed by atoms with Crippen molar-refractivity contribution in [3.05, 3.63) is 46.5 Å². The first-order valence-electron chi connectivity index (χ1n) is 6.60. The van der Waals surface area contributed by atoms with E-state index in [0.29, 0.717) is 0 Å². The number of hydrogen-bond acceptors (Lipinski definition) is 2. The molecule has 2 atom stereocenters. The van der Waals surface area contributed by atoms with Crippen LogP contribution < -0.4 is 0 Å². The van der Waals surface area contributed by atoms with Crippen LogP contribution in [0.4, 0.5) is 0 Å². The van der Waals surface area contributed by atoms with Crippen molar-refractivity contribution in [1.29, 1.82) is 10.5 Å². The molecule has 0 N–H and O–H groups in total. The van der Waals surface area contributed by atoms with Crippen molar-refractivity contribution in [2.45, 2.75) is 38.5 Å². The summed E-state index contributed by atoms with van der Waals surface area (Å²) < 4.78 is 0. The van der Waals surface area contributed by atoms with Crippen LogP contribution in [0.15, 0.2) is 24.3 Å².